The van der Waals surface area contributed by atoms with E-state index in [2.05, 4.69) is 29.9 Å². The van der Waals surface area contributed by atoms with E-state index in [9.17, 15) is 0 Å². The van der Waals surface area contributed by atoms with Crippen molar-refractivity contribution in [3.05, 3.63) is 17.9 Å². The molecule has 2 unspecified atom stereocenters. The van der Waals surface area contributed by atoms with Crippen molar-refractivity contribution < 1.29 is 0 Å². The molecule has 8 heteroatoms. The van der Waals surface area contributed by atoms with Crippen LogP contribution in [0.2, 0.25) is 5.28 Å². The maximum atomic E-state index is 6.07. The molecule has 3 heterocycles. The van der Waals surface area contributed by atoms with E-state index in [1.807, 2.05) is 0 Å². The maximum Gasteiger partial charge on any atom is 0.258 e. The van der Waals surface area contributed by atoms with Crippen LogP contribution in [0.25, 0.3) is 5.95 Å². The fourth-order valence-corrected chi connectivity index (χ4v) is 3.68. The molecule has 0 amide bonds. The van der Waals surface area contributed by atoms with Crippen LogP contribution in [0, 0.1) is 5.92 Å². The van der Waals surface area contributed by atoms with Gasteiger partial charge in [0.2, 0.25) is 11.2 Å². The number of halogens is 1. The first-order valence-electron chi connectivity index (χ1n) is 7.34. The monoisotopic (exact) mass is 305 g/mol. The zero-order valence-corrected chi connectivity index (χ0v) is 12.3. The van der Waals surface area contributed by atoms with Gasteiger partial charge in [0.15, 0.2) is 0 Å². The summed E-state index contributed by atoms with van der Waals surface area (Å²) in [5, 5.41) is 4.25. The van der Waals surface area contributed by atoms with Gasteiger partial charge in [0, 0.05) is 12.6 Å². The number of hydrogen-bond donors (Lipinski definition) is 0. The number of fused-ring (bicyclic) bond motifs is 1. The highest BCUT2D eigenvalue weighted by atomic mass is 35.5. The number of hydrogen-bond acceptors (Lipinski definition) is 6. The number of nitrogens with zero attached hydrogens (tertiary/aromatic N) is 7. The molecule has 4 rings (SSSR count). The molecule has 1 saturated heterocycles. The molecule has 2 atom stereocenters. The average Bonchev–Trinajstić information content (AvgIpc) is 3.16. The maximum absolute atomic E-state index is 6.07. The molecule has 1 aliphatic heterocycles. The molecule has 21 heavy (non-hydrogen) atoms. The van der Waals surface area contributed by atoms with Crippen LogP contribution in [0.4, 0.5) is 5.95 Å². The van der Waals surface area contributed by atoms with Crippen molar-refractivity contribution in [1.29, 1.82) is 0 Å². The van der Waals surface area contributed by atoms with E-state index in [1.165, 1.54) is 43.1 Å². The molecule has 0 aromatic carbocycles. The highest BCUT2D eigenvalue weighted by Crippen LogP contribution is 2.37. The Bertz CT molecular complexity index is 629. The van der Waals surface area contributed by atoms with Crippen LogP contribution >= 0.6 is 11.6 Å². The van der Waals surface area contributed by atoms with E-state index in [0.717, 1.165) is 12.5 Å². The minimum Gasteiger partial charge on any atom is -0.337 e. The summed E-state index contributed by atoms with van der Waals surface area (Å²) in [4.78, 5) is 19.2. The largest absolute Gasteiger partial charge is 0.337 e. The van der Waals surface area contributed by atoms with Gasteiger partial charge in [-0.05, 0) is 36.8 Å². The summed E-state index contributed by atoms with van der Waals surface area (Å²) < 4.78 is 1.51. The second-order valence-corrected chi connectivity index (χ2v) is 5.98. The standard InChI is InChI=1S/C13H16ClN7/c14-11-17-12(19-13(18-11)21-8-15-7-16-21)20-6-5-9-3-1-2-4-10(9)20/h7-10H,1-6H2. The molecular formula is C13H16ClN7. The van der Waals surface area contributed by atoms with Gasteiger partial charge < -0.3 is 4.90 Å². The van der Waals surface area contributed by atoms with Crippen LogP contribution in [-0.4, -0.2) is 42.3 Å². The van der Waals surface area contributed by atoms with E-state index >= 15 is 0 Å². The molecule has 1 saturated carbocycles. The van der Waals surface area contributed by atoms with Gasteiger partial charge in [0.1, 0.15) is 12.7 Å². The topological polar surface area (TPSA) is 72.6 Å². The van der Waals surface area contributed by atoms with E-state index < -0.39 is 0 Å². The zero-order chi connectivity index (χ0) is 14.2. The van der Waals surface area contributed by atoms with Crippen LogP contribution in [0.1, 0.15) is 32.1 Å². The molecule has 2 aromatic rings. The van der Waals surface area contributed by atoms with Gasteiger partial charge in [-0.3, -0.25) is 0 Å². The highest BCUT2D eigenvalue weighted by molar-refractivity contribution is 6.28. The van der Waals surface area contributed by atoms with Gasteiger partial charge in [-0.1, -0.05) is 12.8 Å². The Kier molecular flexibility index (Phi) is 3.21. The summed E-state index contributed by atoms with van der Waals surface area (Å²) in [6.07, 6.45) is 9.38. The minimum absolute atomic E-state index is 0.199. The summed E-state index contributed by atoms with van der Waals surface area (Å²) in [7, 11) is 0. The van der Waals surface area contributed by atoms with E-state index in [1.54, 1.807) is 6.33 Å². The summed E-state index contributed by atoms with van der Waals surface area (Å²) >= 11 is 6.07. The van der Waals surface area contributed by atoms with Crippen LogP contribution in [0.3, 0.4) is 0 Å². The summed E-state index contributed by atoms with van der Waals surface area (Å²) in [6.45, 7) is 0.993. The van der Waals surface area contributed by atoms with Crippen molar-refractivity contribution >= 4 is 17.5 Å². The van der Waals surface area contributed by atoms with Gasteiger partial charge in [-0.25, -0.2) is 4.98 Å². The molecule has 110 valence electrons. The highest BCUT2D eigenvalue weighted by Gasteiger charge is 2.37. The molecule has 7 nitrogen and oxygen atoms in total. The van der Waals surface area contributed by atoms with Crippen molar-refractivity contribution in [2.45, 2.75) is 38.1 Å². The Morgan fingerprint density at radius 2 is 1.90 bits per heavy atom. The third-order valence-electron chi connectivity index (χ3n) is 4.48. The molecule has 0 N–H and O–H groups in total. The third-order valence-corrected chi connectivity index (χ3v) is 4.64. The van der Waals surface area contributed by atoms with Gasteiger partial charge in [-0.15, -0.1) is 0 Å². The molecule has 2 aliphatic rings. The Hall–Kier alpha value is -1.76. The van der Waals surface area contributed by atoms with Crippen molar-refractivity contribution in [3.8, 4) is 5.95 Å². The molecule has 2 fully saturated rings. The second-order valence-electron chi connectivity index (χ2n) is 5.64. The lowest BCUT2D eigenvalue weighted by molar-refractivity contribution is 0.340. The second kappa shape index (κ2) is 5.22. The molecule has 0 radical (unpaired) electrons. The van der Waals surface area contributed by atoms with Crippen molar-refractivity contribution in [2.75, 3.05) is 11.4 Å². The Morgan fingerprint density at radius 3 is 2.76 bits per heavy atom. The summed E-state index contributed by atoms with van der Waals surface area (Å²) in [5.41, 5.74) is 0. The average molecular weight is 306 g/mol. The lowest BCUT2D eigenvalue weighted by Crippen LogP contribution is -2.36. The smallest absolute Gasteiger partial charge is 0.258 e. The number of anilines is 1. The van der Waals surface area contributed by atoms with E-state index in [-0.39, 0.29) is 5.28 Å². The third kappa shape index (κ3) is 2.35. The van der Waals surface area contributed by atoms with Crippen molar-refractivity contribution in [1.82, 2.24) is 29.7 Å². The molecule has 0 bridgehead atoms. The van der Waals surface area contributed by atoms with Crippen LogP contribution in [0.15, 0.2) is 12.7 Å². The minimum atomic E-state index is 0.199. The van der Waals surface area contributed by atoms with Gasteiger partial charge in [0.25, 0.3) is 5.95 Å². The first-order valence-corrected chi connectivity index (χ1v) is 7.72. The lowest BCUT2D eigenvalue weighted by atomic mass is 9.85. The summed E-state index contributed by atoms with van der Waals surface area (Å²) in [5.74, 6) is 1.85. The number of rotatable bonds is 2. The van der Waals surface area contributed by atoms with Crippen LogP contribution < -0.4 is 4.90 Å². The molecule has 2 aromatic heterocycles. The van der Waals surface area contributed by atoms with Gasteiger partial charge >= 0.3 is 0 Å². The Balaban J connectivity index is 1.69. The Labute approximate surface area is 127 Å². The molecule has 1 aliphatic carbocycles. The lowest BCUT2D eigenvalue weighted by Gasteiger charge is -2.31. The normalized spacial score (nSPS) is 25.1. The van der Waals surface area contributed by atoms with Crippen molar-refractivity contribution in [3.63, 3.8) is 0 Å². The first-order chi connectivity index (χ1) is 10.3. The zero-order valence-electron chi connectivity index (χ0n) is 11.6. The van der Waals surface area contributed by atoms with Gasteiger partial charge in [0.05, 0.1) is 0 Å². The summed E-state index contributed by atoms with van der Waals surface area (Å²) in [6, 6.07) is 0.542. The van der Waals surface area contributed by atoms with Crippen LogP contribution in [0.5, 0.6) is 0 Å². The first kappa shape index (κ1) is 12.9. The predicted octanol–water partition coefficient (Wildman–Crippen LogP) is 1.87. The SMILES string of the molecule is Clc1nc(N2CCC3CCCCC32)nc(-n2cncn2)n1. The van der Waals surface area contributed by atoms with Gasteiger partial charge in [-0.2, -0.15) is 24.7 Å². The molecule has 0 spiro atoms. The van der Waals surface area contributed by atoms with E-state index in [4.69, 9.17) is 11.6 Å². The molecular weight excluding hydrogens is 290 g/mol. The predicted molar refractivity (Wildman–Crippen MR) is 77.5 cm³/mol. The number of aromatic nitrogens is 6. The Morgan fingerprint density at radius 1 is 1.05 bits per heavy atom. The fourth-order valence-electron chi connectivity index (χ4n) is 3.53. The fraction of sp³-hybridized carbons (Fsp3) is 0.615. The van der Waals surface area contributed by atoms with E-state index in [0.29, 0.717) is 17.9 Å². The van der Waals surface area contributed by atoms with Crippen LogP contribution in [-0.2, 0) is 0 Å². The quantitative estimate of drug-likeness (QED) is 0.843. The van der Waals surface area contributed by atoms with Crippen molar-refractivity contribution in [2.24, 2.45) is 5.92 Å².